The van der Waals surface area contributed by atoms with Crippen molar-refractivity contribution in [1.82, 2.24) is 0 Å². The molecule has 7 atom stereocenters. The van der Waals surface area contributed by atoms with Gasteiger partial charge in [0.25, 0.3) is 0 Å². The Kier molecular flexibility index (Phi) is 13.1. The third kappa shape index (κ3) is 9.71. The van der Waals surface area contributed by atoms with E-state index in [0.717, 1.165) is 12.8 Å². The summed E-state index contributed by atoms with van der Waals surface area (Å²) in [7, 11) is -5.36. The van der Waals surface area contributed by atoms with Gasteiger partial charge in [-0.1, -0.05) is 84.9 Å². The molecular formula is C32H63IO7Si3. The molecule has 0 spiro atoms. The van der Waals surface area contributed by atoms with E-state index in [1.54, 1.807) is 0 Å². The molecular weight excluding hydrogens is 708 g/mol. The van der Waals surface area contributed by atoms with Crippen molar-refractivity contribution in [3.63, 3.8) is 0 Å². The molecule has 0 aromatic rings. The predicted octanol–water partition coefficient (Wildman–Crippen LogP) is 8.98. The third-order valence-electron chi connectivity index (χ3n) is 10.7. The van der Waals surface area contributed by atoms with E-state index < -0.39 is 31.1 Å². The van der Waals surface area contributed by atoms with E-state index in [2.05, 4.69) is 130 Å². The number of halogens is 1. The fourth-order valence-corrected chi connectivity index (χ4v) is 9.03. The molecule has 2 aliphatic rings. The fourth-order valence-electron chi connectivity index (χ4n) is 4.77. The van der Waals surface area contributed by atoms with E-state index in [4.69, 9.17) is 27.5 Å². The minimum absolute atomic E-state index is 0.0168. The Morgan fingerprint density at radius 2 is 1.30 bits per heavy atom. The van der Waals surface area contributed by atoms with Gasteiger partial charge in [-0.3, -0.25) is 4.79 Å². The average molecular weight is 771 g/mol. The average Bonchev–Trinajstić information content (AvgIpc) is 2.82. The van der Waals surface area contributed by atoms with Gasteiger partial charge >= 0.3 is 5.97 Å². The second-order valence-corrected chi connectivity index (χ2v) is 32.1. The number of esters is 1. The highest BCUT2D eigenvalue weighted by atomic mass is 127. The number of carbonyl (C=O) groups is 1. The number of fused-ring (bicyclic) bond motifs is 1. The SMILES string of the molecule is COC(=O)C[C@H]1CC[C@@H]2O[C@@H]([C@H](/C=C/I)O[Si](C)(C)C(C)(C)C)C(O[Si](C)(C)C(C)(C)C)C(O[Si](C)(C)C(C)(C)C)[C@H]2O1. The van der Waals surface area contributed by atoms with Gasteiger partial charge in [-0.05, 0) is 77.4 Å². The van der Waals surface area contributed by atoms with Crippen LogP contribution in [0.4, 0.5) is 0 Å². The largest absolute Gasteiger partial charge is 0.469 e. The lowest BCUT2D eigenvalue weighted by atomic mass is 9.87. The molecule has 11 heteroatoms. The topological polar surface area (TPSA) is 72.5 Å². The zero-order chi connectivity index (χ0) is 33.4. The van der Waals surface area contributed by atoms with Crippen LogP contribution in [-0.4, -0.2) is 80.8 Å². The standard InChI is InChI=1S/C32H63IO7Si3/c1-30(2,3)41(11,12)38-24(19-20-33)27-29(40-43(15,16)32(7,8)9)28(39-42(13,14)31(4,5)6)26-23(37-27)18-17-22(36-26)21-25(34)35-10/h19-20,22-24,26-29H,17-18,21H2,1-16H3/b20-19+/t22-,23+,24+,26+,27+,28?,29?/m1/s1. The first kappa shape index (κ1) is 39.6. The van der Waals surface area contributed by atoms with Crippen molar-refractivity contribution in [2.75, 3.05) is 7.11 Å². The van der Waals surface area contributed by atoms with Crippen molar-refractivity contribution in [2.24, 2.45) is 0 Å². The van der Waals surface area contributed by atoms with Crippen LogP contribution in [0.15, 0.2) is 10.2 Å². The molecule has 0 aliphatic carbocycles. The Labute approximate surface area is 280 Å². The van der Waals surface area contributed by atoms with Gasteiger partial charge in [0.2, 0.25) is 0 Å². The van der Waals surface area contributed by atoms with Gasteiger partial charge in [0.05, 0.1) is 31.8 Å². The lowest BCUT2D eigenvalue weighted by Crippen LogP contribution is -2.69. The van der Waals surface area contributed by atoms with Crippen molar-refractivity contribution < 1.29 is 32.3 Å². The monoisotopic (exact) mass is 770 g/mol. The van der Waals surface area contributed by atoms with Gasteiger partial charge in [-0.15, -0.1) is 0 Å². The van der Waals surface area contributed by atoms with Crippen molar-refractivity contribution in [2.45, 2.75) is 179 Å². The number of carbonyl (C=O) groups excluding carboxylic acids is 1. The molecule has 0 radical (unpaired) electrons. The molecule has 2 saturated heterocycles. The Hall–Kier alpha value is 0.391. The van der Waals surface area contributed by atoms with Crippen LogP contribution in [0.3, 0.4) is 0 Å². The summed E-state index contributed by atoms with van der Waals surface area (Å²) in [5.74, 6) is -0.260. The number of ether oxygens (including phenoxy) is 3. The maximum Gasteiger partial charge on any atom is 0.308 e. The number of hydrogen-bond acceptors (Lipinski definition) is 7. The number of rotatable bonds is 10. The van der Waals surface area contributed by atoms with E-state index in [9.17, 15) is 4.79 Å². The Balaban J connectivity index is 2.73. The molecule has 0 amide bonds. The normalized spacial score (nSPS) is 29.0. The first-order valence-corrected chi connectivity index (χ1v) is 25.9. The first-order valence-electron chi connectivity index (χ1n) is 16.0. The van der Waals surface area contributed by atoms with Crippen LogP contribution < -0.4 is 0 Å². The molecule has 2 fully saturated rings. The molecule has 7 nitrogen and oxygen atoms in total. The summed E-state index contributed by atoms with van der Waals surface area (Å²) in [5, 5.41) is -0.00778. The summed E-state index contributed by atoms with van der Waals surface area (Å²) >= 11 is 2.29. The molecule has 0 bridgehead atoms. The van der Waals surface area contributed by atoms with Crippen LogP contribution in [0, 0.1) is 0 Å². The highest BCUT2D eigenvalue weighted by Crippen LogP contribution is 2.47. The van der Waals surface area contributed by atoms with Crippen LogP contribution in [0.2, 0.25) is 54.4 Å². The highest BCUT2D eigenvalue weighted by molar-refractivity contribution is 14.1. The lowest BCUT2D eigenvalue weighted by Gasteiger charge is -2.56. The molecule has 0 aromatic heterocycles. The summed E-state index contributed by atoms with van der Waals surface area (Å²) in [4.78, 5) is 12.3. The lowest BCUT2D eigenvalue weighted by molar-refractivity contribution is -0.266. The maximum atomic E-state index is 12.3. The summed E-state index contributed by atoms with van der Waals surface area (Å²) in [6.07, 6.45) is 1.61. The molecule has 2 rings (SSSR count). The Morgan fingerprint density at radius 1 is 0.814 bits per heavy atom. The van der Waals surface area contributed by atoms with Gasteiger partial charge in [-0.25, -0.2) is 0 Å². The van der Waals surface area contributed by atoms with Gasteiger partial charge < -0.3 is 27.5 Å². The Bertz CT molecular complexity index is 965. The molecule has 0 N–H and O–H groups in total. The van der Waals surface area contributed by atoms with Gasteiger partial charge in [-0.2, -0.15) is 0 Å². The van der Waals surface area contributed by atoms with E-state index in [1.165, 1.54) is 7.11 Å². The predicted molar refractivity (Wildman–Crippen MR) is 193 cm³/mol. The molecule has 43 heavy (non-hydrogen) atoms. The summed E-state index contributed by atoms with van der Waals surface area (Å²) in [6.45, 7) is 34.1. The van der Waals surface area contributed by atoms with E-state index in [-0.39, 0.29) is 64.1 Å². The minimum atomic E-state index is -2.31. The summed E-state index contributed by atoms with van der Waals surface area (Å²) in [5.41, 5.74) is 0. The summed E-state index contributed by atoms with van der Waals surface area (Å²) in [6, 6.07) is 0. The van der Waals surface area contributed by atoms with Gasteiger partial charge in [0.15, 0.2) is 25.0 Å². The molecule has 0 aromatic carbocycles. The zero-order valence-electron chi connectivity index (χ0n) is 30.1. The van der Waals surface area contributed by atoms with Crippen LogP contribution in [0.25, 0.3) is 0 Å². The van der Waals surface area contributed by atoms with Crippen LogP contribution in [0.1, 0.15) is 81.6 Å². The second-order valence-electron chi connectivity index (χ2n) is 17.1. The van der Waals surface area contributed by atoms with Crippen molar-refractivity contribution in [1.29, 1.82) is 0 Å². The van der Waals surface area contributed by atoms with Gasteiger partial charge in [0, 0.05) is 0 Å². The molecule has 2 unspecified atom stereocenters. The van der Waals surface area contributed by atoms with E-state index in [0.29, 0.717) is 0 Å². The quantitative estimate of drug-likeness (QED) is 0.125. The van der Waals surface area contributed by atoms with Crippen molar-refractivity contribution in [3.8, 4) is 0 Å². The second kappa shape index (κ2) is 14.2. The Morgan fingerprint density at radius 3 is 1.74 bits per heavy atom. The van der Waals surface area contributed by atoms with E-state index in [1.807, 2.05) is 4.08 Å². The zero-order valence-corrected chi connectivity index (χ0v) is 35.2. The molecule has 0 saturated carbocycles. The number of hydrogen-bond donors (Lipinski definition) is 0. The highest BCUT2D eigenvalue weighted by Gasteiger charge is 2.57. The molecule has 252 valence electrons. The number of methoxy groups -OCH3 is 1. The molecule has 2 aliphatic heterocycles. The van der Waals surface area contributed by atoms with Crippen LogP contribution >= 0.6 is 22.6 Å². The summed E-state index contributed by atoms with van der Waals surface area (Å²) < 4.78 is 42.8. The van der Waals surface area contributed by atoms with Gasteiger partial charge in [0.1, 0.15) is 24.4 Å². The van der Waals surface area contributed by atoms with Crippen molar-refractivity contribution in [3.05, 3.63) is 10.2 Å². The third-order valence-corrected chi connectivity index (χ3v) is 24.5. The first-order chi connectivity index (χ1) is 19.3. The van der Waals surface area contributed by atoms with Crippen LogP contribution in [-0.2, 0) is 32.3 Å². The molecule has 2 heterocycles. The van der Waals surface area contributed by atoms with Crippen molar-refractivity contribution >= 4 is 53.5 Å². The minimum Gasteiger partial charge on any atom is -0.469 e. The smallest absolute Gasteiger partial charge is 0.308 e. The fraction of sp³-hybridized carbons (Fsp3) is 0.906. The maximum absolute atomic E-state index is 12.3. The van der Waals surface area contributed by atoms with Crippen LogP contribution in [0.5, 0.6) is 0 Å². The van der Waals surface area contributed by atoms with E-state index >= 15 is 0 Å².